The number of carbonyl (C=O) groups is 3. The number of carboxylic acids is 1. The van der Waals surface area contributed by atoms with Crippen LogP contribution in [-0.4, -0.2) is 70.9 Å². The van der Waals surface area contributed by atoms with Crippen molar-refractivity contribution in [1.82, 2.24) is 9.80 Å². The normalized spacial score (nSPS) is 12.9. The first-order valence-corrected chi connectivity index (χ1v) is 12.6. The van der Waals surface area contributed by atoms with Crippen LogP contribution in [0.3, 0.4) is 0 Å². The molecule has 2 aromatic carbocycles. The highest BCUT2D eigenvalue weighted by Gasteiger charge is 2.35. The van der Waals surface area contributed by atoms with E-state index in [1.165, 1.54) is 9.80 Å². The van der Waals surface area contributed by atoms with Crippen LogP contribution in [0.5, 0.6) is 0 Å². The fraction of sp³-hybridized carbons (Fsp3) is 0.483. The Labute approximate surface area is 219 Å². The molecule has 0 spiro atoms. The van der Waals surface area contributed by atoms with Gasteiger partial charge in [0.25, 0.3) is 0 Å². The zero-order valence-electron chi connectivity index (χ0n) is 22.6. The van der Waals surface area contributed by atoms with Gasteiger partial charge < -0.3 is 24.4 Å². The first-order valence-electron chi connectivity index (χ1n) is 12.6. The molecule has 0 unspecified atom stereocenters. The topological polar surface area (TPSA) is 96.4 Å². The zero-order chi connectivity index (χ0) is 27.4. The minimum Gasteiger partial charge on any atom is -0.481 e. The summed E-state index contributed by atoms with van der Waals surface area (Å²) in [5, 5.41) is 9.10. The molecule has 0 fully saturated rings. The summed E-state index contributed by atoms with van der Waals surface area (Å²) < 4.78 is 11.3. The molecule has 3 rings (SSSR count). The van der Waals surface area contributed by atoms with Gasteiger partial charge >= 0.3 is 18.2 Å². The van der Waals surface area contributed by atoms with Gasteiger partial charge in [0.2, 0.25) is 0 Å². The molecular formula is C29H38N2O6. The third-order valence-electron chi connectivity index (χ3n) is 6.57. The number of hydrogen-bond acceptors (Lipinski definition) is 5. The molecule has 0 saturated carbocycles. The van der Waals surface area contributed by atoms with Gasteiger partial charge in [-0.15, -0.1) is 0 Å². The van der Waals surface area contributed by atoms with Crippen molar-refractivity contribution < 1.29 is 29.0 Å². The quantitative estimate of drug-likeness (QED) is 0.462. The molecule has 0 heterocycles. The first kappa shape index (κ1) is 28.0. The Morgan fingerprint density at radius 3 is 1.95 bits per heavy atom. The highest BCUT2D eigenvalue weighted by Crippen LogP contribution is 2.44. The number of rotatable bonds is 9. The molecule has 0 saturated heterocycles. The Morgan fingerprint density at radius 2 is 1.43 bits per heavy atom. The summed E-state index contributed by atoms with van der Waals surface area (Å²) in [5.74, 6) is -1.02. The Kier molecular flexibility index (Phi) is 8.51. The Bertz CT molecular complexity index is 1090. The predicted molar refractivity (Wildman–Crippen MR) is 142 cm³/mol. The SMILES string of the molecule is CN(C(=O)OC(C)(C)C)C(C)(C)CN(CCCC(=O)O)C(=O)OCC1c2ccccc2-c2ccccc21. The average Bonchev–Trinajstić information content (AvgIpc) is 3.13. The van der Waals surface area contributed by atoms with Crippen LogP contribution in [0.15, 0.2) is 48.5 Å². The summed E-state index contributed by atoms with van der Waals surface area (Å²) in [5.41, 5.74) is 3.04. The van der Waals surface area contributed by atoms with Gasteiger partial charge in [-0.25, -0.2) is 9.59 Å². The molecule has 8 nitrogen and oxygen atoms in total. The standard InChI is InChI=1S/C29H38N2O6/c1-28(2,3)37-26(34)30(6)29(4,5)19-31(17-11-16-25(32)33)27(35)36-18-24-22-14-9-7-12-20(22)21-13-8-10-15-23(21)24/h7-10,12-15,24H,11,16-19H2,1-6H3,(H,32,33). The highest BCUT2D eigenvalue weighted by molar-refractivity contribution is 5.79. The van der Waals surface area contributed by atoms with E-state index < -0.39 is 29.3 Å². The number of carbonyl (C=O) groups excluding carboxylic acids is 2. The fourth-order valence-electron chi connectivity index (χ4n) is 4.49. The minimum atomic E-state index is -0.933. The summed E-state index contributed by atoms with van der Waals surface area (Å²) in [4.78, 5) is 40.0. The number of fused-ring (bicyclic) bond motifs is 3. The molecule has 0 atom stereocenters. The largest absolute Gasteiger partial charge is 0.481 e. The van der Waals surface area contributed by atoms with E-state index >= 15 is 0 Å². The Balaban J connectivity index is 1.74. The van der Waals surface area contributed by atoms with E-state index in [0.717, 1.165) is 22.3 Å². The lowest BCUT2D eigenvalue weighted by molar-refractivity contribution is -0.137. The number of hydrogen-bond donors (Lipinski definition) is 1. The summed E-state index contributed by atoms with van der Waals surface area (Å²) in [6.07, 6.45) is -0.852. The summed E-state index contributed by atoms with van der Waals surface area (Å²) in [6.45, 7) is 9.54. The van der Waals surface area contributed by atoms with Gasteiger partial charge in [0.1, 0.15) is 12.2 Å². The van der Waals surface area contributed by atoms with Gasteiger partial charge in [0.15, 0.2) is 0 Å². The van der Waals surface area contributed by atoms with Gasteiger partial charge in [-0.05, 0) is 63.3 Å². The zero-order valence-corrected chi connectivity index (χ0v) is 22.6. The van der Waals surface area contributed by atoms with E-state index in [0.29, 0.717) is 0 Å². The van der Waals surface area contributed by atoms with Crippen LogP contribution in [0, 0.1) is 0 Å². The second-order valence-electron chi connectivity index (χ2n) is 11.1. The molecule has 0 bridgehead atoms. The maximum atomic E-state index is 13.3. The molecule has 8 heteroatoms. The van der Waals surface area contributed by atoms with Crippen LogP contribution in [0.1, 0.15) is 64.5 Å². The lowest BCUT2D eigenvalue weighted by Gasteiger charge is -2.39. The van der Waals surface area contributed by atoms with Crippen molar-refractivity contribution in [1.29, 1.82) is 0 Å². The van der Waals surface area contributed by atoms with Crippen molar-refractivity contribution in [2.24, 2.45) is 0 Å². The molecular weight excluding hydrogens is 472 g/mol. The van der Waals surface area contributed by atoms with Crippen LogP contribution in [0.25, 0.3) is 11.1 Å². The molecule has 1 aliphatic carbocycles. The molecule has 2 amide bonds. The van der Waals surface area contributed by atoms with E-state index in [4.69, 9.17) is 14.6 Å². The third-order valence-corrected chi connectivity index (χ3v) is 6.57. The monoisotopic (exact) mass is 510 g/mol. The average molecular weight is 511 g/mol. The van der Waals surface area contributed by atoms with E-state index in [1.807, 2.05) is 38.1 Å². The van der Waals surface area contributed by atoms with E-state index in [1.54, 1.807) is 27.8 Å². The highest BCUT2D eigenvalue weighted by atomic mass is 16.6. The number of carboxylic acid groups (broad SMARTS) is 1. The molecule has 0 aliphatic heterocycles. The number of amides is 2. The number of nitrogens with zero attached hydrogens (tertiary/aromatic N) is 2. The van der Waals surface area contributed by atoms with Gasteiger partial charge in [-0.3, -0.25) is 4.79 Å². The molecule has 0 aromatic heterocycles. The van der Waals surface area contributed by atoms with Crippen molar-refractivity contribution in [3.8, 4) is 11.1 Å². The lowest BCUT2D eigenvalue weighted by atomic mass is 9.98. The molecule has 2 aromatic rings. The number of likely N-dealkylation sites (N-methyl/N-ethyl adjacent to an activating group) is 1. The number of ether oxygens (including phenoxy) is 2. The van der Waals surface area contributed by atoms with E-state index in [-0.39, 0.29) is 38.5 Å². The van der Waals surface area contributed by atoms with Crippen molar-refractivity contribution >= 4 is 18.2 Å². The van der Waals surface area contributed by atoms with Crippen LogP contribution in [0.4, 0.5) is 9.59 Å². The number of benzene rings is 2. The second kappa shape index (κ2) is 11.2. The maximum Gasteiger partial charge on any atom is 0.410 e. The lowest BCUT2D eigenvalue weighted by Crippen LogP contribution is -2.54. The Hall–Kier alpha value is -3.55. The Morgan fingerprint density at radius 1 is 0.892 bits per heavy atom. The third kappa shape index (κ3) is 7.02. The van der Waals surface area contributed by atoms with Gasteiger partial charge in [0, 0.05) is 32.5 Å². The minimum absolute atomic E-state index is 0.0739. The van der Waals surface area contributed by atoms with Crippen molar-refractivity contribution in [2.45, 2.75) is 64.5 Å². The van der Waals surface area contributed by atoms with Crippen molar-refractivity contribution in [2.75, 3.05) is 26.7 Å². The summed E-state index contributed by atoms with van der Waals surface area (Å²) in [7, 11) is 1.63. The van der Waals surface area contributed by atoms with Crippen LogP contribution in [0.2, 0.25) is 0 Å². The molecule has 37 heavy (non-hydrogen) atoms. The second-order valence-corrected chi connectivity index (χ2v) is 11.1. The van der Waals surface area contributed by atoms with E-state index in [9.17, 15) is 14.4 Å². The van der Waals surface area contributed by atoms with Gasteiger partial charge in [-0.2, -0.15) is 0 Å². The molecule has 0 radical (unpaired) electrons. The maximum absolute atomic E-state index is 13.3. The van der Waals surface area contributed by atoms with E-state index in [2.05, 4.69) is 24.3 Å². The fourth-order valence-corrected chi connectivity index (χ4v) is 4.49. The number of aliphatic carboxylic acids is 1. The van der Waals surface area contributed by atoms with Gasteiger partial charge in [0.05, 0.1) is 5.54 Å². The van der Waals surface area contributed by atoms with Crippen molar-refractivity contribution in [3.05, 3.63) is 59.7 Å². The summed E-state index contributed by atoms with van der Waals surface area (Å²) >= 11 is 0. The first-order chi connectivity index (χ1) is 17.3. The van der Waals surface area contributed by atoms with Crippen molar-refractivity contribution in [3.63, 3.8) is 0 Å². The molecule has 1 aliphatic rings. The van der Waals surface area contributed by atoms with Crippen LogP contribution < -0.4 is 0 Å². The van der Waals surface area contributed by atoms with Crippen LogP contribution >= 0.6 is 0 Å². The smallest absolute Gasteiger partial charge is 0.410 e. The predicted octanol–water partition coefficient (Wildman–Crippen LogP) is 5.75. The molecule has 1 N–H and O–H groups in total. The van der Waals surface area contributed by atoms with Gasteiger partial charge in [-0.1, -0.05) is 48.5 Å². The molecule has 200 valence electrons. The van der Waals surface area contributed by atoms with Crippen LogP contribution in [-0.2, 0) is 14.3 Å². The summed E-state index contributed by atoms with van der Waals surface area (Å²) in [6, 6.07) is 16.2.